The Morgan fingerprint density at radius 1 is 1.12 bits per heavy atom. The Balaban J connectivity index is 4.27. The van der Waals surface area contributed by atoms with Crippen LogP contribution in [0.1, 0.15) is 27.2 Å². The summed E-state index contributed by atoms with van der Waals surface area (Å²) < 4.78 is 17.0. The van der Waals surface area contributed by atoms with Gasteiger partial charge in [-0.25, -0.2) is 9.79 Å². The molecule has 0 aromatic carbocycles. The molecule has 0 aliphatic rings. The zero-order valence-electron chi connectivity index (χ0n) is 10.3. The maximum atomic E-state index is 9.91. The maximum Gasteiger partial charge on any atom is 0.500 e. The van der Waals surface area contributed by atoms with E-state index in [2.05, 4.69) is 11.9 Å². The Labute approximate surface area is 98.2 Å². The van der Waals surface area contributed by atoms with Crippen LogP contribution in [-0.4, -0.2) is 41.2 Å². The molecule has 0 atom stereocenters. The topological polar surface area (TPSA) is 57.1 Å². The Bertz CT molecular complexity index is 202. The average molecular weight is 247 g/mol. The second-order valence-corrected chi connectivity index (χ2v) is 5.85. The average Bonchev–Trinajstić information content (AvgIpc) is 2.26. The van der Waals surface area contributed by atoms with Crippen molar-refractivity contribution >= 4 is 14.9 Å². The fourth-order valence-electron chi connectivity index (χ4n) is 1.38. The quantitative estimate of drug-likeness (QED) is 0.255. The highest BCUT2D eigenvalue weighted by molar-refractivity contribution is 6.60. The fraction of sp³-hybridized carbons (Fsp3) is 0.900. The highest BCUT2D eigenvalue weighted by atomic mass is 28.4. The van der Waals surface area contributed by atoms with Crippen LogP contribution in [0.3, 0.4) is 0 Å². The summed E-state index contributed by atoms with van der Waals surface area (Å²) in [7, 11) is -2.54. The van der Waals surface area contributed by atoms with Gasteiger partial charge in [0.05, 0.1) is 13.2 Å². The summed E-state index contributed by atoms with van der Waals surface area (Å²) in [6, 6.07) is 0.791. The Kier molecular flexibility index (Phi) is 9.37. The molecular weight excluding hydrogens is 226 g/mol. The van der Waals surface area contributed by atoms with Gasteiger partial charge in [0.1, 0.15) is 0 Å². The molecule has 0 saturated carbocycles. The predicted molar refractivity (Wildman–Crippen MR) is 63.0 cm³/mol. The lowest BCUT2D eigenvalue weighted by atomic mass is 10.6. The van der Waals surface area contributed by atoms with E-state index in [0.29, 0.717) is 26.4 Å². The lowest BCUT2D eigenvalue weighted by molar-refractivity contribution is 0.0693. The molecule has 0 aromatic heterocycles. The summed E-state index contributed by atoms with van der Waals surface area (Å²) >= 11 is 0. The molecule has 0 saturated heterocycles. The smallest absolute Gasteiger partial charge is 0.374 e. The van der Waals surface area contributed by atoms with Crippen molar-refractivity contribution in [1.29, 1.82) is 0 Å². The summed E-state index contributed by atoms with van der Waals surface area (Å²) in [6.45, 7) is 7.70. The van der Waals surface area contributed by atoms with Crippen molar-refractivity contribution in [3.05, 3.63) is 0 Å². The Morgan fingerprint density at radius 2 is 1.75 bits per heavy atom. The Hall–Kier alpha value is -0.523. The first-order valence-corrected chi connectivity index (χ1v) is 7.63. The van der Waals surface area contributed by atoms with Crippen LogP contribution in [0, 0.1) is 0 Å². The fourth-order valence-corrected chi connectivity index (χ4v) is 3.96. The normalized spacial score (nSPS) is 11.2. The molecule has 0 radical (unpaired) electrons. The van der Waals surface area contributed by atoms with Crippen LogP contribution in [0.15, 0.2) is 4.99 Å². The van der Waals surface area contributed by atoms with Crippen molar-refractivity contribution in [2.24, 2.45) is 4.99 Å². The van der Waals surface area contributed by atoms with Gasteiger partial charge in [-0.05, 0) is 13.8 Å². The van der Waals surface area contributed by atoms with E-state index in [-0.39, 0.29) is 0 Å². The molecule has 0 amide bonds. The molecular formula is C10H21NO4Si. The monoisotopic (exact) mass is 247 g/mol. The van der Waals surface area contributed by atoms with E-state index in [9.17, 15) is 4.79 Å². The molecule has 0 aliphatic carbocycles. The number of carbonyl (C=O) groups excluding carboxylic acids is 1. The van der Waals surface area contributed by atoms with Gasteiger partial charge >= 0.3 is 8.80 Å². The zero-order valence-corrected chi connectivity index (χ0v) is 11.3. The summed E-state index contributed by atoms with van der Waals surface area (Å²) in [6.07, 6.45) is 2.43. The standard InChI is InChI=1S/C10H21NO4Si/c1-4-9-16(13-5-2,14-6-3)15-8-7-11-10-12/h4-9H2,1-3H3. The molecule has 0 fully saturated rings. The first-order valence-electron chi connectivity index (χ1n) is 5.70. The minimum Gasteiger partial charge on any atom is -0.374 e. The lowest BCUT2D eigenvalue weighted by Crippen LogP contribution is -2.46. The molecule has 6 heteroatoms. The molecule has 0 spiro atoms. The van der Waals surface area contributed by atoms with Crippen molar-refractivity contribution in [3.63, 3.8) is 0 Å². The van der Waals surface area contributed by atoms with Crippen LogP contribution in [0.4, 0.5) is 0 Å². The van der Waals surface area contributed by atoms with Gasteiger partial charge in [-0.3, -0.25) is 0 Å². The number of hydrogen-bond acceptors (Lipinski definition) is 5. The van der Waals surface area contributed by atoms with E-state index in [1.165, 1.54) is 6.08 Å². The summed E-state index contributed by atoms with van der Waals surface area (Å²) in [5, 5.41) is 0. The van der Waals surface area contributed by atoms with E-state index < -0.39 is 8.80 Å². The number of nitrogens with zero attached hydrogens (tertiary/aromatic N) is 1. The molecule has 0 unspecified atom stereocenters. The second-order valence-electron chi connectivity index (χ2n) is 3.12. The third kappa shape index (κ3) is 6.15. The van der Waals surface area contributed by atoms with Crippen LogP contribution >= 0.6 is 0 Å². The van der Waals surface area contributed by atoms with Crippen molar-refractivity contribution in [2.45, 2.75) is 33.2 Å². The van der Waals surface area contributed by atoms with Gasteiger partial charge < -0.3 is 13.3 Å². The van der Waals surface area contributed by atoms with Crippen LogP contribution in [0.25, 0.3) is 0 Å². The molecule has 0 rings (SSSR count). The predicted octanol–water partition coefficient (Wildman–Crippen LogP) is 1.76. The van der Waals surface area contributed by atoms with E-state index >= 15 is 0 Å². The summed E-state index contributed by atoms with van der Waals surface area (Å²) in [5.41, 5.74) is 0. The molecule has 16 heavy (non-hydrogen) atoms. The van der Waals surface area contributed by atoms with Gasteiger partial charge in [0.2, 0.25) is 6.08 Å². The Morgan fingerprint density at radius 3 is 2.19 bits per heavy atom. The second kappa shape index (κ2) is 9.69. The molecule has 0 heterocycles. The van der Waals surface area contributed by atoms with Gasteiger partial charge in [0, 0.05) is 19.3 Å². The minimum atomic E-state index is -2.54. The third-order valence-corrected chi connectivity index (χ3v) is 5.09. The molecule has 0 aromatic rings. The summed E-state index contributed by atoms with van der Waals surface area (Å²) in [5.74, 6) is 0. The SMILES string of the molecule is CCC[Si](OCC)(OCC)OCCN=C=O. The van der Waals surface area contributed by atoms with Gasteiger partial charge in [-0.1, -0.05) is 13.3 Å². The van der Waals surface area contributed by atoms with Crippen LogP contribution in [0.2, 0.25) is 6.04 Å². The van der Waals surface area contributed by atoms with Crippen molar-refractivity contribution < 1.29 is 18.1 Å². The number of hydrogen-bond donors (Lipinski definition) is 0. The zero-order chi connectivity index (χ0) is 12.3. The molecule has 0 N–H and O–H groups in total. The highest BCUT2D eigenvalue weighted by Crippen LogP contribution is 2.17. The largest absolute Gasteiger partial charge is 0.500 e. The maximum absolute atomic E-state index is 9.91. The molecule has 94 valence electrons. The molecule has 5 nitrogen and oxygen atoms in total. The van der Waals surface area contributed by atoms with Crippen molar-refractivity contribution in [3.8, 4) is 0 Å². The van der Waals surface area contributed by atoms with Gasteiger partial charge in [-0.2, -0.15) is 0 Å². The van der Waals surface area contributed by atoms with Crippen LogP contribution in [-0.2, 0) is 18.1 Å². The van der Waals surface area contributed by atoms with Gasteiger partial charge in [0.25, 0.3) is 0 Å². The number of isocyanates is 1. The van der Waals surface area contributed by atoms with Crippen molar-refractivity contribution in [1.82, 2.24) is 0 Å². The first kappa shape index (κ1) is 15.5. The van der Waals surface area contributed by atoms with Crippen LogP contribution < -0.4 is 0 Å². The van der Waals surface area contributed by atoms with E-state index in [1.54, 1.807) is 0 Å². The van der Waals surface area contributed by atoms with E-state index in [0.717, 1.165) is 12.5 Å². The van der Waals surface area contributed by atoms with Gasteiger partial charge in [0.15, 0.2) is 0 Å². The number of rotatable bonds is 10. The minimum absolute atomic E-state index is 0.308. The van der Waals surface area contributed by atoms with Gasteiger partial charge in [-0.15, -0.1) is 0 Å². The van der Waals surface area contributed by atoms with Crippen LogP contribution in [0.5, 0.6) is 0 Å². The van der Waals surface area contributed by atoms with E-state index in [1.807, 2.05) is 13.8 Å². The van der Waals surface area contributed by atoms with Crippen molar-refractivity contribution in [2.75, 3.05) is 26.4 Å². The summed E-state index contributed by atoms with van der Waals surface area (Å²) in [4.78, 5) is 13.3. The third-order valence-electron chi connectivity index (χ3n) is 1.87. The van der Waals surface area contributed by atoms with E-state index in [4.69, 9.17) is 13.3 Å². The molecule has 0 aliphatic heterocycles. The number of aliphatic imine (C=N–C) groups is 1. The lowest BCUT2D eigenvalue weighted by Gasteiger charge is -2.28. The molecule has 0 bridgehead atoms. The first-order chi connectivity index (χ1) is 7.74. The highest BCUT2D eigenvalue weighted by Gasteiger charge is 2.39.